The van der Waals surface area contributed by atoms with Crippen LogP contribution in [-0.4, -0.2) is 106 Å². The van der Waals surface area contributed by atoms with E-state index in [1.54, 1.807) is 19.1 Å². The molecule has 65 heavy (non-hydrogen) atoms. The highest BCUT2D eigenvalue weighted by Crippen LogP contribution is 2.34. The van der Waals surface area contributed by atoms with Gasteiger partial charge in [0.2, 0.25) is 11.8 Å². The Morgan fingerprint density at radius 3 is 2.28 bits per heavy atom. The fourth-order valence-corrected chi connectivity index (χ4v) is 8.73. The largest absolute Gasteiger partial charge is 0.508 e. The van der Waals surface area contributed by atoms with Gasteiger partial charge in [0, 0.05) is 55.5 Å². The molecule has 4 amide bonds. The van der Waals surface area contributed by atoms with Gasteiger partial charge in [-0.25, -0.2) is 15.2 Å². The molecule has 0 radical (unpaired) electrons. The van der Waals surface area contributed by atoms with Crippen molar-refractivity contribution in [2.45, 2.75) is 150 Å². The molecule has 1 aromatic heterocycles. The first-order chi connectivity index (χ1) is 30.9. The second kappa shape index (κ2) is 27.4. The van der Waals surface area contributed by atoms with E-state index < -0.39 is 59.9 Å². The molecule has 0 bridgehead atoms. The number of nitrogens with one attached hydrogen (secondary N) is 3. The maximum absolute atomic E-state index is 14.9. The van der Waals surface area contributed by atoms with Crippen LogP contribution in [0.25, 0.3) is 0 Å². The number of carbonyl (C=O) groups excluding carboxylic acids is 7. The third-order valence-electron chi connectivity index (χ3n) is 11.8. The van der Waals surface area contributed by atoms with Crippen LogP contribution in [0.15, 0.2) is 29.6 Å². The van der Waals surface area contributed by atoms with Crippen molar-refractivity contribution in [3.8, 4) is 5.75 Å². The lowest BCUT2D eigenvalue weighted by Crippen LogP contribution is -2.50. The lowest BCUT2D eigenvalue weighted by Gasteiger charge is -2.39. The van der Waals surface area contributed by atoms with Gasteiger partial charge in [-0.05, 0) is 81.6 Å². The van der Waals surface area contributed by atoms with Crippen LogP contribution >= 0.6 is 11.3 Å². The molecule has 0 saturated carbocycles. The molecule has 0 spiro atoms. The number of likely N-dealkylation sites (N-methyl/N-ethyl adjacent to an activating group) is 1. The average molecular weight is 929 g/mol. The van der Waals surface area contributed by atoms with Crippen molar-refractivity contribution in [1.29, 1.82) is 0 Å². The lowest BCUT2D eigenvalue weighted by molar-refractivity contribution is -0.161. The monoisotopic (exact) mass is 928 g/mol. The molecule has 3 rings (SSSR count). The number of piperidine rings is 1. The zero-order chi connectivity index (χ0) is 48.2. The highest BCUT2D eigenvalue weighted by atomic mass is 32.1. The number of phenols is 1. The average Bonchev–Trinajstić information content (AvgIpc) is 3.77. The number of aromatic nitrogens is 1. The van der Waals surface area contributed by atoms with E-state index in [0.29, 0.717) is 24.3 Å². The first kappa shape index (κ1) is 54.2. The van der Waals surface area contributed by atoms with Gasteiger partial charge in [-0.15, -0.1) is 11.3 Å². The number of esters is 2. The van der Waals surface area contributed by atoms with Crippen molar-refractivity contribution in [2.24, 2.45) is 23.7 Å². The van der Waals surface area contributed by atoms with Gasteiger partial charge in [-0.2, -0.15) is 0 Å². The van der Waals surface area contributed by atoms with Crippen molar-refractivity contribution in [3.63, 3.8) is 0 Å². The molecule has 4 N–H and O–H groups in total. The van der Waals surface area contributed by atoms with Crippen LogP contribution in [0.1, 0.15) is 147 Å². The van der Waals surface area contributed by atoms with Crippen LogP contribution < -0.4 is 16.2 Å². The number of Topliss-reactive ketones (excluding diaryl/α,β-unsaturated/α-hetero) is 1. The van der Waals surface area contributed by atoms with Gasteiger partial charge in [0.1, 0.15) is 16.5 Å². The molecule has 7 atom stereocenters. The number of rotatable bonds is 25. The van der Waals surface area contributed by atoms with Crippen LogP contribution in [0.4, 0.5) is 4.79 Å². The molecular formula is C47H72N6O11S. The minimum atomic E-state index is -1.01. The van der Waals surface area contributed by atoms with Crippen LogP contribution in [0.2, 0.25) is 0 Å². The Kier molecular flexibility index (Phi) is 22.9. The quantitative estimate of drug-likeness (QED) is 0.0356. The SMILES string of the molecule is CCCOC(=O)NNC(=O)[C@@H](C)C[C@H](Cc1ccc(O)cc1)NC(=O)c1csc([C@@H](C[C@H](C(C)C)N(COC(=O)CCC)C(=O)[C@@H](CC(=O)[C@H]2CCCCN2C)C(C)CC)OC(C)=O)n1. The van der Waals surface area contributed by atoms with Crippen molar-refractivity contribution in [1.82, 2.24) is 31.0 Å². The molecule has 362 valence electrons. The van der Waals surface area contributed by atoms with E-state index in [1.165, 1.54) is 29.3 Å². The summed E-state index contributed by atoms with van der Waals surface area (Å²) in [4.78, 5) is 101. The van der Waals surface area contributed by atoms with Crippen LogP contribution in [0, 0.1) is 23.7 Å². The fourth-order valence-electron chi connectivity index (χ4n) is 7.89. The molecule has 0 aliphatic carbocycles. The predicted molar refractivity (Wildman–Crippen MR) is 245 cm³/mol. The van der Waals surface area contributed by atoms with Gasteiger partial charge < -0.3 is 29.5 Å². The number of likely N-dealkylation sites (tertiary alicyclic amines) is 1. The third-order valence-corrected chi connectivity index (χ3v) is 12.8. The van der Waals surface area contributed by atoms with Gasteiger partial charge in [0.25, 0.3) is 5.91 Å². The number of carbonyl (C=O) groups is 7. The minimum Gasteiger partial charge on any atom is -0.508 e. The van der Waals surface area contributed by atoms with E-state index in [4.69, 9.17) is 14.2 Å². The highest BCUT2D eigenvalue weighted by molar-refractivity contribution is 7.09. The number of thiazole rings is 1. The summed E-state index contributed by atoms with van der Waals surface area (Å²) in [5.41, 5.74) is 5.38. The van der Waals surface area contributed by atoms with E-state index in [1.807, 2.05) is 48.6 Å². The number of ketones is 1. The Hall–Kier alpha value is -5.10. The number of nitrogens with zero attached hydrogens (tertiary/aromatic N) is 3. The zero-order valence-corrected chi connectivity index (χ0v) is 40.5. The van der Waals surface area contributed by atoms with Crippen LogP contribution in [0.3, 0.4) is 0 Å². The normalized spacial score (nSPS) is 16.8. The highest BCUT2D eigenvalue weighted by Gasteiger charge is 2.40. The number of hydrogen-bond acceptors (Lipinski definition) is 14. The third kappa shape index (κ3) is 17.7. The van der Waals surface area contributed by atoms with Crippen LogP contribution in [0.5, 0.6) is 5.75 Å². The summed E-state index contributed by atoms with van der Waals surface area (Å²) in [5.74, 6) is -4.21. The molecule has 1 fully saturated rings. The molecule has 1 saturated heterocycles. The Balaban J connectivity index is 1.93. The summed E-state index contributed by atoms with van der Waals surface area (Å²) in [6.45, 7) is 15.0. The molecule has 2 heterocycles. The van der Waals surface area contributed by atoms with Crippen LogP contribution in [-0.2, 0) is 44.6 Å². The number of benzene rings is 1. The van der Waals surface area contributed by atoms with Gasteiger partial charge in [0.15, 0.2) is 18.6 Å². The zero-order valence-electron chi connectivity index (χ0n) is 39.7. The summed E-state index contributed by atoms with van der Waals surface area (Å²) in [6, 6.07) is 4.90. The molecule has 17 nitrogen and oxygen atoms in total. The van der Waals surface area contributed by atoms with E-state index in [-0.39, 0.29) is 86.5 Å². The van der Waals surface area contributed by atoms with E-state index in [0.717, 1.165) is 42.7 Å². The first-order valence-corrected chi connectivity index (χ1v) is 23.9. The van der Waals surface area contributed by atoms with E-state index in [2.05, 4.69) is 26.1 Å². The van der Waals surface area contributed by atoms with E-state index in [9.17, 15) is 38.7 Å². The number of amides is 4. The minimum absolute atomic E-state index is 0.00527. The molecule has 1 unspecified atom stereocenters. The summed E-state index contributed by atoms with van der Waals surface area (Å²) < 4.78 is 16.5. The Labute approximate surface area is 388 Å². The second-order valence-electron chi connectivity index (χ2n) is 17.5. The summed E-state index contributed by atoms with van der Waals surface area (Å²) in [5, 5.41) is 14.7. The smallest absolute Gasteiger partial charge is 0.426 e. The Morgan fingerprint density at radius 2 is 1.66 bits per heavy atom. The number of ether oxygens (including phenoxy) is 3. The molecule has 1 aromatic carbocycles. The number of hydrogen-bond donors (Lipinski definition) is 4. The summed E-state index contributed by atoms with van der Waals surface area (Å²) in [6.07, 6.45) is 3.33. The Morgan fingerprint density at radius 1 is 0.954 bits per heavy atom. The summed E-state index contributed by atoms with van der Waals surface area (Å²) in [7, 11) is 1.94. The molecule has 18 heteroatoms. The van der Waals surface area contributed by atoms with Gasteiger partial charge in [-0.1, -0.05) is 73.4 Å². The molecule has 2 aromatic rings. The van der Waals surface area contributed by atoms with Gasteiger partial charge >= 0.3 is 18.0 Å². The second-order valence-corrected chi connectivity index (χ2v) is 18.4. The van der Waals surface area contributed by atoms with Crippen molar-refractivity contribution in [3.05, 3.63) is 45.9 Å². The molecule has 1 aliphatic rings. The topological polar surface area (TPSA) is 223 Å². The maximum atomic E-state index is 14.9. The first-order valence-electron chi connectivity index (χ1n) is 23.0. The molecular weight excluding hydrogens is 857 g/mol. The van der Waals surface area contributed by atoms with Gasteiger partial charge in [0.05, 0.1) is 12.6 Å². The Bertz CT molecular complexity index is 1870. The fraction of sp³-hybridized carbons (Fsp3) is 0.660. The van der Waals surface area contributed by atoms with Gasteiger partial charge in [-0.3, -0.25) is 39.1 Å². The number of hydrazine groups is 1. The van der Waals surface area contributed by atoms with Crippen molar-refractivity contribution in [2.75, 3.05) is 26.9 Å². The van der Waals surface area contributed by atoms with E-state index >= 15 is 0 Å². The summed E-state index contributed by atoms with van der Waals surface area (Å²) >= 11 is 1.10. The standard InChI is InChI=1S/C47H72N6O11S/c1-10-15-42(57)63-28-53(46(60)36(30(6)12-3)25-40(56)38-16-13-14-21-52(38)9)39(29(4)5)26-41(64-32(8)54)45-49-37(27-65-45)44(59)48-34(24-33-17-19-35(55)20-18-33)23-31(7)43(58)50-51-47(61)62-22-11-2/h17-20,27,29-31,34,36,38-39,41,55H,10-16,21-26,28H2,1-9H3,(H,48,59)(H,50,58)(H,51,61)/t30?,31-,34+,36-,38+,39+,41+/m0/s1. The lowest BCUT2D eigenvalue weighted by atomic mass is 9.82. The predicted octanol–water partition coefficient (Wildman–Crippen LogP) is 6.64. The number of aromatic hydroxyl groups is 1. The molecule has 1 aliphatic heterocycles. The van der Waals surface area contributed by atoms with Crippen molar-refractivity contribution >= 4 is 52.9 Å². The van der Waals surface area contributed by atoms with Crippen molar-refractivity contribution < 1.29 is 52.9 Å². The maximum Gasteiger partial charge on any atom is 0.426 e. The number of phenolic OH excluding ortho intramolecular Hbond substituents is 1.